The van der Waals surface area contributed by atoms with Crippen LogP contribution in [0.4, 0.5) is 8.78 Å². The normalized spacial score (nSPS) is 15.9. The molecule has 0 saturated carbocycles. The fourth-order valence-electron chi connectivity index (χ4n) is 1.28. The number of carbonyl (C=O) groups is 1. The molecule has 1 aliphatic rings. The maximum Gasteiger partial charge on any atom is 0.155 e. The first-order valence-corrected chi connectivity index (χ1v) is 4.52. The quantitative estimate of drug-likeness (QED) is 0.765. The van der Waals surface area contributed by atoms with E-state index in [4.69, 9.17) is 4.74 Å². The number of nitrogens with one attached hydrogen (secondary N) is 1. The summed E-state index contributed by atoms with van der Waals surface area (Å²) in [5.41, 5.74) is -0.561. The lowest BCUT2D eigenvalue weighted by Crippen LogP contribution is -2.50. The lowest BCUT2D eigenvalue weighted by molar-refractivity contribution is 0.111. The molecule has 0 radical (unpaired) electrons. The number of aldehydes is 1. The molecule has 1 heterocycles. The predicted octanol–water partition coefficient (Wildman–Crippen LogP) is 1.13. The first-order valence-electron chi connectivity index (χ1n) is 4.52. The van der Waals surface area contributed by atoms with Gasteiger partial charge in [-0.15, -0.1) is 0 Å². The summed E-state index contributed by atoms with van der Waals surface area (Å²) in [6.45, 7) is 1.33. The van der Waals surface area contributed by atoms with Gasteiger partial charge < -0.3 is 10.1 Å². The van der Waals surface area contributed by atoms with Crippen LogP contribution in [0.25, 0.3) is 0 Å². The van der Waals surface area contributed by atoms with Gasteiger partial charge in [0.1, 0.15) is 23.5 Å². The minimum atomic E-state index is -0.896. The third-order valence-corrected chi connectivity index (χ3v) is 2.22. The van der Waals surface area contributed by atoms with Crippen molar-refractivity contribution < 1.29 is 18.3 Å². The Morgan fingerprint density at radius 2 is 1.93 bits per heavy atom. The van der Waals surface area contributed by atoms with Crippen molar-refractivity contribution in [3.05, 3.63) is 29.3 Å². The van der Waals surface area contributed by atoms with Gasteiger partial charge >= 0.3 is 0 Å². The Kier molecular flexibility index (Phi) is 2.64. The molecule has 0 bridgehead atoms. The van der Waals surface area contributed by atoms with Gasteiger partial charge in [-0.25, -0.2) is 8.78 Å². The summed E-state index contributed by atoms with van der Waals surface area (Å²) in [5.74, 6) is -1.68. The van der Waals surface area contributed by atoms with Gasteiger partial charge in [-0.2, -0.15) is 0 Å². The average Bonchev–Trinajstić information content (AvgIpc) is 2.11. The highest BCUT2D eigenvalue weighted by Gasteiger charge is 2.20. The summed E-state index contributed by atoms with van der Waals surface area (Å²) in [6.07, 6.45) is 0.102. The Labute approximate surface area is 85.0 Å². The molecule has 15 heavy (non-hydrogen) atoms. The molecule has 0 spiro atoms. The highest BCUT2D eigenvalue weighted by atomic mass is 19.1. The first-order chi connectivity index (χ1) is 7.20. The van der Waals surface area contributed by atoms with E-state index >= 15 is 0 Å². The van der Waals surface area contributed by atoms with Crippen LogP contribution in [0.3, 0.4) is 0 Å². The monoisotopic (exact) mass is 213 g/mol. The molecule has 2 rings (SSSR count). The van der Waals surface area contributed by atoms with Crippen LogP contribution in [-0.4, -0.2) is 25.5 Å². The van der Waals surface area contributed by atoms with Crippen molar-refractivity contribution in [1.82, 2.24) is 5.32 Å². The Morgan fingerprint density at radius 3 is 2.33 bits per heavy atom. The summed E-state index contributed by atoms with van der Waals surface area (Å²) in [6, 6.07) is 2.04. The Morgan fingerprint density at radius 1 is 1.33 bits per heavy atom. The Hall–Kier alpha value is -1.49. The predicted molar refractivity (Wildman–Crippen MR) is 49.0 cm³/mol. The first kappa shape index (κ1) is 10.0. The second-order valence-electron chi connectivity index (χ2n) is 3.32. The molecule has 0 aliphatic carbocycles. The van der Waals surface area contributed by atoms with Crippen molar-refractivity contribution in [2.24, 2.45) is 0 Å². The van der Waals surface area contributed by atoms with Gasteiger partial charge in [0.2, 0.25) is 0 Å². The van der Waals surface area contributed by atoms with Crippen LogP contribution in [0.5, 0.6) is 5.75 Å². The van der Waals surface area contributed by atoms with E-state index in [0.29, 0.717) is 13.1 Å². The number of carbonyl (C=O) groups excluding carboxylic acids is 1. The zero-order chi connectivity index (χ0) is 10.8. The topological polar surface area (TPSA) is 38.3 Å². The largest absolute Gasteiger partial charge is 0.488 e. The summed E-state index contributed by atoms with van der Waals surface area (Å²) < 4.78 is 31.5. The zero-order valence-electron chi connectivity index (χ0n) is 7.80. The van der Waals surface area contributed by atoms with Crippen LogP contribution in [-0.2, 0) is 0 Å². The summed E-state index contributed by atoms with van der Waals surface area (Å²) in [4.78, 5) is 10.3. The maximum absolute atomic E-state index is 13.1. The summed E-state index contributed by atoms with van der Waals surface area (Å²) in [7, 11) is 0. The van der Waals surface area contributed by atoms with Gasteiger partial charge in [-0.3, -0.25) is 4.79 Å². The minimum absolute atomic E-state index is 0.0501. The molecule has 1 aliphatic heterocycles. The molecule has 1 fully saturated rings. The maximum atomic E-state index is 13.1. The number of hydrogen-bond acceptors (Lipinski definition) is 3. The number of hydrogen-bond donors (Lipinski definition) is 1. The highest BCUT2D eigenvalue weighted by Crippen LogP contribution is 2.21. The lowest BCUT2D eigenvalue weighted by Gasteiger charge is -2.27. The Bertz CT molecular complexity index is 368. The third-order valence-electron chi connectivity index (χ3n) is 2.22. The van der Waals surface area contributed by atoms with Crippen molar-refractivity contribution in [2.45, 2.75) is 6.10 Å². The van der Waals surface area contributed by atoms with Crippen molar-refractivity contribution in [1.29, 1.82) is 0 Å². The number of ether oxygens (including phenoxy) is 1. The van der Waals surface area contributed by atoms with Crippen LogP contribution in [0.15, 0.2) is 12.1 Å². The van der Waals surface area contributed by atoms with E-state index in [9.17, 15) is 13.6 Å². The van der Waals surface area contributed by atoms with Crippen molar-refractivity contribution in [3.8, 4) is 5.75 Å². The van der Waals surface area contributed by atoms with E-state index in [0.717, 1.165) is 12.1 Å². The van der Waals surface area contributed by atoms with Gasteiger partial charge in [-0.05, 0) is 0 Å². The number of benzene rings is 1. The van der Waals surface area contributed by atoms with Crippen LogP contribution in [0, 0.1) is 11.6 Å². The van der Waals surface area contributed by atoms with Gasteiger partial charge in [-0.1, -0.05) is 0 Å². The summed E-state index contributed by atoms with van der Waals surface area (Å²) >= 11 is 0. The van der Waals surface area contributed by atoms with Crippen LogP contribution < -0.4 is 10.1 Å². The van der Waals surface area contributed by atoms with Gasteiger partial charge in [0, 0.05) is 25.2 Å². The van der Waals surface area contributed by atoms with E-state index < -0.39 is 17.2 Å². The van der Waals surface area contributed by atoms with Gasteiger partial charge in [0.25, 0.3) is 0 Å². The van der Waals surface area contributed by atoms with Crippen molar-refractivity contribution in [2.75, 3.05) is 13.1 Å². The molecule has 0 atom stereocenters. The molecule has 1 N–H and O–H groups in total. The molecule has 1 saturated heterocycles. The average molecular weight is 213 g/mol. The molecule has 1 aromatic carbocycles. The van der Waals surface area contributed by atoms with Crippen LogP contribution in [0.1, 0.15) is 10.4 Å². The van der Waals surface area contributed by atoms with E-state index in [2.05, 4.69) is 5.32 Å². The fraction of sp³-hybridized carbons (Fsp3) is 0.300. The SMILES string of the molecule is O=Cc1c(F)cc(OC2CNC2)cc1F. The fourth-order valence-corrected chi connectivity index (χ4v) is 1.28. The van der Waals surface area contributed by atoms with Crippen molar-refractivity contribution in [3.63, 3.8) is 0 Å². The van der Waals surface area contributed by atoms with Crippen molar-refractivity contribution >= 4 is 6.29 Å². The lowest BCUT2D eigenvalue weighted by atomic mass is 10.2. The number of rotatable bonds is 3. The molecule has 80 valence electrons. The standard InChI is InChI=1S/C10H9F2NO2/c11-9-1-6(15-7-3-13-4-7)2-10(12)8(9)5-14/h1-2,5,7,13H,3-4H2. The van der Waals surface area contributed by atoms with E-state index in [-0.39, 0.29) is 18.1 Å². The van der Waals surface area contributed by atoms with E-state index in [1.807, 2.05) is 0 Å². The van der Waals surface area contributed by atoms with Crippen LogP contribution >= 0.6 is 0 Å². The van der Waals surface area contributed by atoms with Gasteiger partial charge in [0.15, 0.2) is 6.29 Å². The molecular formula is C10H9F2NO2. The molecule has 5 heteroatoms. The van der Waals surface area contributed by atoms with Crippen LogP contribution in [0.2, 0.25) is 0 Å². The molecule has 0 amide bonds. The zero-order valence-corrected chi connectivity index (χ0v) is 7.80. The Balaban J connectivity index is 2.21. The molecular weight excluding hydrogens is 204 g/mol. The molecule has 0 aromatic heterocycles. The third kappa shape index (κ3) is 1.97. The summed E-state index contributed by atoms with van der Waals surface area (Å²) in [5, 5.41) is 2.96. The molecule has 1 aromatic rings. The second-order valence-corrected chi connectivity index (χ2v) is 3.32. The smallest absolute Gasteiger partial charge is 0.155 e. The second kappa shape index (κ2) is 3.94. The number of halogens is 2. The van der Waals surface area contributed by atoms with E-state index in [1.54, 1.807) is 0 Å². The van der Waals surface area contributed by atoms with Gasteiger partial charge in [0.05, 0.1) is 5.56 Å². The highest BCUT2D eigenvalue weighted by molar-refractivity contribution is 5.75. The van der Waals surface area contributed by atoms with E-state index in [1.165, 1.54) is 0 Å². The molecule has 0 unspecified atom stereocenters. The minimum Gasteiger partial charge on any atom is -0.488 e. The molecule has 3 nitrogen and oxygen atoms in total.